The molecule has 0 saturated carbocycles. The number of rotatable bonds is 2. The molecule has 0 fully saturated rings. The smallest absolute Gasteiger partial charge is 0.295 e. The predicted molar refractivity (Wildman–Crippen MR) is 51.8 cm³/mol. The van der Waals surface area contributed by atoms with Crippen molar-refractivity contribution in [2.24, 2.45) is 0 Å². The predicted octanol–water partition coefficient (Wildman–Crippen LogP) is 3.39. The van der Waals surface area contributed by atoms with Crippen LogP contribution in [0, 0.1) is 0 Å². The SMILES string of the molecule is CC(=O)/C=C/C(F)(F)F.CC(=O)/C=C/C(F)(F)F. The summed E-state index contributed by atoms with van der Waals surface area (Å²) in [4.78, 5) is 19.8. The van der Waals surface area contributed by atoms with Crippen LogP contribution in [0.15, 0.2) is 24.3 Å². The molecule has 0 aliphatic rings. The highest BCUT2D eigenvalue weighted by atomic mass is 19.4. The molecule has 2 nitrogen and oxygen atoms in total. The Morgan fingerprint density at radius 3 is 1.00 bits per heavy atom. The van der Waals surface area contributed by atoms with Crippen molar-refractivity contribution < 1.29 is 35.9 Å². The normalized spacial score (nSPS) is 12.4. The monoisotopic (exact) mass is 276 g/mol. The molecule has 0 heterocycles. The van der Waals surface area contributed by atoms with Gasteiger partial charge in [0, 0.05) is 12.2 Å². The molecule has 0 radical (unpaired) electrons. The van der Waals surface area contributed by atoms with Crippen molar-refractivity contribution in [3.8, 4) is 0 Å². The number of carbonyl (C=O) groups is 2. The Balaban J connectivity index is 0. The number of alkyl halides is 6. The van der Waals surface area contributed by atoms with E-state index in [1.165, 1.54) is 0 Å². The highest BCUT2D eigenvalue weighted by Crippen LogP contribution is 2.16. The van der Waals surface area contributed by atoms with Crippen molar-refractivity contribution in [2.45, 2.75) is 26.2 Å². The molecule has 104 valence electrons. The van der Waals surface area contributed by atoms with Crippen molar-refractivity contribution in [1.82, 2.24) is 0 Å². The number of hydrogen-bond acceptors (Lipinski definition) is 2. The van der Waals surface area contributed by atoms with Crippen LogP contribution in [0.2, 0.25) is 0 Å². The lowest BCUT2D eigenvalue weighted by atomic mass is 10.4. The summed E-state index contributed by atoms with van der Waals surface area (Å²) < 4.78 is 67.1. The number of halogens is 6. The first kappa shape index (κ1) is 18.8. The van der Waals surface area contributed by atoms with Gasteiger partial charge in [-0.2, -0.15) is 26.3 Å². The fraction of sp³-hybridized carbons (Fsp3) is 0.400. The number of allylic oxidation sites excluding steroid dienone is 4. The van der Waals surface area contributed by atoms with E-state index in [1.807, 2.05) is 0 Å². The minimum atomic E-state index is -4.37. The van der Waals surface area contributed by atoms with Gasteiger partial charge in [-0.15, -0.1) is 0 Å². The van der Waals surface area contributed by atoms with E-state index in [9.17, 15) is 35.9 Å². The van der Waals surface area contributed by atoms with E-state index in [1.54, 1.807) is 0 Å². The third-order valence-corrected chi connectivity index (χ3v) is 1.01. The average molecular weight is 276 g/mol. The lowest BCUT2D eigenvalue weighted by molar-refractivity contribution is -0.114. The molecule has 0 spiro atoms. The molecule has 0 aromatic carbocycles. The van der Waals surface area contributed by atoms with E-state index in [0.29, 0.717) is 12.2 Å². The molecular weight excluding hydrogens is 266 g/mol. The third kappa shape index (κ3) is 23.9. The Hall–Kier alpha value is -1.60. The van der Waals surface area contributed by atoms with E-state index in [0.717, 1.165) is 13.8 Å². The molecule has 8 heteroatoms. The van der Waals surface area contributed by atoms with Crippen molar-refractivity contribution >= 4 is 11.6 Å². The molecule has 0 bridgehead atoms. The molecular formula is C10H10F6O2. The number of hydrogen-bond donors (Lipinski definition) is 0. The van der Waals surface area contributed by atoms with Crippen LogP contribution < -0.4 is 0 Å². The Bertz CT molecular complexity index is 301. The van der Waals surface area contributed by atoms with Gasteiger partial charge in [0.2, 0.25) is 0 Å². The Morgan fingerprint density at radius 1 is 0.722 bits per heavy atom. The maximum absolute atomic E-state index is 11.2. The van der Waals surface area contributed by atoms with Crippen LogP contribution in [-0.4, -0.2) is 23.9 Å². The lowest BCUT2D eigenvalue weighted by Crippen LogP contribution is -2.01. The highest BCUT2D eigenvalue weighted by Gasteiger charge is 2.22. The fourth-order valence-corrected chi connectivity index (χ4v) is 0.424. The van der Waals surface area contributed by atoms with Crippen molar-refractivity contribution in [2.75, 3.05) is 0 Å². The van der Waals surface area contributed by atoms with Crippen LogP contribution >= 0.6 is 0 Å². The number of carbonyl (C=O) groups excluding carboxylic acids is 2. The second kappa shape index (κ2) is 7.67. The second-order valence-corrected chi connectivity index (χ2v) is 2.97. The minimum Gasteiger partial charge on any atom is -0.295 e. The quantitative estimate of drug-likeness (QED) is 0.572. The van der Waals surface area contributed by atoms with Gasteiger partial charge in [-0.1, -0.05) is 0 Å². The Kier molecular flexibility index (Phi) is 8.00. The van der Waals surface area contributed by atoms with E-state index >= 15 is 0 Å². The van der Waals surface area contributed by atoms with Gasteiger partial charge >= 0.3 is 12.4 Å². The van der Waals surface area contributed by atoms with Crippen LogP contribution in [0.4, 0.5) is 26.3 Å². The summed E-state index contributed by atoms with van der Waals surface area (Å²) in [6.07, 6.45) is -7.94. The molecule has 18 heavy (non-hydrogen) atoms. The molecule has 0 rings (SSSR count). The maximum atomic E-state index is 11.2. The molecule has 0 aliphatic heterocycles. The summed E-state index contributed by atoms with van der Waals surface area (Å²) in [6, 6.07) is 0. The van der Waals surface area contributed by atoms with Crippen LogP contribution in [0.1, 0.15) is 13.8 Å². The molecule has 0 unspecified atom stereocenters. The summed E-state index contributed by atoms with van der Waals surface area (Å²) in [7, 11) is 0. The first-order valence-corrected chi connectivity index (χ1v) is 4.36. The van der Waals surface area contributed by atoms with Gasteiger partial charge in [-0.05, 0) is 26.0 Å². The molecule has 0 N–H and O–H groups in total. The molecule has 0 saturated heterocycles. The Labute approximate surface area is 99.0 Å². The summed E-state index contributed by atoms with van der Waals surface area (Å²) in [5, 5.41) is 0. The zero-order valence-electron chi connectivity index (χ0n) is 9.39. The summed E-state index contributed by atoms with van der Waals surface area (Å²) in [5.41, 5.74) is 0. The molecule has 0 aromatic heterocycles. The van der Waals surface area contributed by atoms with Crippen molar-refractivity contribution in [3.63, 3.8) is 0 Å². The Morgan fingerprint density at radius 2 is 0.944 bits per heavy atom. The van der Waals surface area contributed by atoms with Gasteiger partial charge in [0.25, 0.3) is 0 Å². The molecule has 0 amide bonds. The molecule has 0 aromatic rings. The summed E-state index contributed by atoms with van der Waals surface area (Å²) >= 11 is 0. The average Bonchev–Trinajstić information content (AvgIpc) is 2.10. The zero-order chi connectivity index (χ0) is 15.0. The van der Waals surface area contributed by atoms with E-state index in [-0.39, 0.29) is 12.2 Å². The largest absolute Gasteiger partial charge is 0.409 e. The summed E-state index contributed by atoms with van der Waals surface area (Å²) in [6.45, 7) is 2.12. The van der Waals surface area contributed by atoms with Crippen LogP contribution in [-0.2, 0) is 9.59 Å². The van der Waals surface area contributed by atoms with Crippen molar-refractivity contribution in [3.05, 3.63) is 24.3 Å². The van der Waals surface area contributed by atoms with Crippen LogP contribution in [0.3, 0.4) is 0 Å². The van der Waals surface area contributed by atoms with E-state index in [4.69, 9.17) is 0 Å². The van der Waals surface area contributed by atoms with E-state index < -0.39 is 23.9 Å². The molecule has 0 aliphatic carbocycles. The minimum absolute atomic E-state index is 0.0880. The topological polar surface area (TPSA) is 34.1 Å². The first-order chi connectivity index (χ1) is 7.83. The summed E-state index contributed by atoms with van der Waals surface area (Å²) in [5.74, 6) is -1.21. The van der Waals surface area contributed by atoms with Gasteiger partial charge in [0.05, 0.1) is 0 Å². The first-order valence-electron chi connectivity index (χ1n) is 4.36. The lowest BCUT2D eigenvalue weighted by Gasteiger charge is -1.94. The van der Waals surface area contributed by atoms with Crippen LogP contribution in [0.25, 0.3) is 0 Å². The second-order valence-electron chi connectivity index (χ2n) is 2.97. The van der Waals surface area contributed by atoms with Gasteiger partial charge in [-0.3, -0.25) is 9.59 Å². The van der Waals surface area contributed by atoms with Gasteiger partial charge in [-0.25, -0.2) is 0 Å². The van der Waals surface area contributed by atoms with Gasteiger partial charge in [0.1, 0.15) is 0 Å². The fourth-order valence-electron chi connectivity index (χ4n) is 0.424. The molecule has 0 atom stereocenters. The van der Waals surface area contributed by atoms with Crippen molar-refractivity contribution in [1.29, 1.82) is 0 Å². The maximum Gasteiger partial charge on any atom is 0.409 e. The van der Waals surface area contributed by atoms with Gasteiger partial charge < -0.3 is 0 Å². The third-order valence-electron chi connectivity index (χ3n) is 1.01. The van der Waals surface area contributed by atoms with Crippen LogP contribution in [0.5, 0.6) is 0 Å². The standard InChI is InChI=1S/2C5H5F3O/c2*1-4(9)2-3-5(6,7)8/h2*2-3H,1H3/b2*3-2+. The zero-order valence-corrected chi connectivity index (χ0v) is 9.39. The highest BCUT2D eigenvalue weighted by molar-refractivity contribution is 5.87. The van der Waals surface area contributed by atoms with Gasteiger partial charge in [0.15, 0.2) is 11.6 Å². The number of ketones is 2. The van der Waals surface area contributed by atoms with E-state index in [2.05, 4.69) is 0 Å².